The van der Waals surface area contributed by atoms with Crippen LogP contribution in [0, 0.1) is 13.8 Å². The lowest BCUT2D eigenvalue weighted by Gasteiger charge is -2.28. The van der Waals surface area contributed by atoms with Gasteiger partial charge < -0.3 is 15.2 Å². The van der Waals surface area contributed by atoms with Crippen molar-refractivity contribution in [1.29, 1.82) is 0 Å². The number of methoxy groups -OCH3 is 1. The number of thiazole rings is 1. The number of carboxylic acids is 1. The van der Waals surface area contributed by atoms with Crippen LogP contribution in [0.15, 0.2) is 11.0 Å². The summed E-state index contributed by atoms with van der Waals surface area (Å²) < 4.78 is 6.38. The molecule has 0 aliphatic rings. The maximum absolute atomic E-state index is 12.6. The molecule has 0 aliphatic carbocycles. The minimum Gasteiger partial charge on any atom is -0.481 e. The van der Waals surface area contributed by atoms with Crippen molar-refractivity contribution in [2.45, 2.75) is 32.7 Å². The van der Waals surface area contributed by atoms with Crippen molar-refractivity contribution >= 4 is 28.2 Å². The van der Waals surface area contributed by atoms with E-state index in [0.717, 1.165) is 10.6 Å². The van der Waals surface area contributed by atoms with Gasteiger partial charge in [0.15, 0.2) is 4.96 Å². The zero-order valence-electron chi connectivity index (χ0n) is 13.9. The Morgan fingerprint density at radius 2 is 2.12 bits per heavy atom. The minimum atomic E-state index is -1.14. The van der Waals surface area contributed by atoms with Gasteiger partial charge in [0.25, 0.3) is 11.5 Å². The van der Waals surface area contributed by atoms with Crippen LogP contribution in [0.1, 0.15) is 34.3 Å². The van der Waals surface area contributed by atoms with Crippen molar-refractivity contribution in [2.75, 3.05) is 13.7 Å². The molecule has 2 N–H and O–H groups in total. The Hall–Kier alpha value is -2.26. The van der Waals surface area contributed by atoms with Gasteiger partial charge >= 0.3 is 5.97 Å². The van der Waals surface area contributed by atoms with Crippen molar-refractivity contribution in [3.63, 3.8) is 0 Å². The summed E-state index contributed by atoms with van der Waals surface area (Å²) in [5.74, 6) is -1.75. The number of aromatic nitrogens is 2. The second-order valence-corrected chi connectivity index (χ2v) is 7.04. The van der Waals surface area contributed by atoms with Crippen LogP contribution in [0.3, 0.4) is 0 Å². The van der Waals surface area contributed by atoms with Gasteiger partial charge in [-0.15, -0.1) is 11.3 Å². The Kier molecular flexibility index (Phi) is 5.05. The van der Waals surface area contributed by atoms with E-state index in [9.17, 15) is 14.4 Å². The monoisotopic (exact) mass is 353 g/mol. The Bertz CT molecular complexity index is 857. The topological polar surface area (TPSA) is 110 Å². The summed E-state index contributed by atoms with van der Waals surface area (Å²) >= 11 is 1.37. The van der Waals surface area contributed by atoms with Crippen LogP contribution in [0.4, 0.5) is 0 Å². The highest BCUT2D eigenvalue weighted by Gasteiger charge is 2.31. The van der Waals surface area contributed by atoms with Crippen molar-refractivity contribution in [1.82, 2.24) is 14.7 Å². The maximum Gasteiger partial charge on any atom is 0.305 e. The quantitative estimate of drug-likeness (QED) is 0.801. The molecule has 130 valence electrons. The Balaban J connectivity index is 2.40. The van der Waals surface area contributed by atoms with E-state index in [1.165, 1.54) is 29.0 Å². The third-order valence-electron chi connectivity index (χ3n) is 3.68. The molecular weight excluding hydrogens is 334 g/mol. The number of hydrogen-bond acceptors (Lipinski definition) is 6. The number of carbonyl (C=O) groups excluding carboxylic acids is 1. The van der Waals surface area contributed by atoms with Gasteiger partial charge in [-0.2, -0.15) is 0 Å². The van der Waals surface area contributed by atoms with Crippen LogP contribution in [0.5, 0.6) is 0 Å². The van der Waals surface area contributed by atoms with E-state index < -0.39 is 23.0 Å². The molecular formula is C15H19N3O5S. The summed E-state index contributed by atoms with van der Waals surface area (Å²) in [6.07, 6.45) is 0.885. The van der Waals surface area contributed by atoms with Gasteiger partial charge in [-0.3, -0.25) is 18.8 Å². The van der Waals surface area contributed by atoms with Crippen LogP contribution in [0.2, 0.25) is 0 Å². The third-order valence-corrected chi connectivity index (χ3v) is 4.75. The standard InChI is InChI=1S/C15H19N3O5S/c1-8-9(2)24-14-16-6-10(13(22)18(8)14)12(21)17-15(3,7-23-4)5-11(19)20/h6H,5,7H2,1-4H3,(H,17,21)(H,19,20). The van der Waals surface area contributed by atoms with Crippen molar-refractivity contribution in [2.24, 2.45) is 0 Å². The molecule has 24 heavy (non-hydrogen) atoms. The molecule has 1 unspecified atom stereocenters. The summed E-state index contributed by atoms with van der Waals surface area (Å²) in [5, 5.41) is 11.6. The van der Waals surface area contributed by atoms with Gasteiger partial charge in [-0.1, -0.05) is 0 Å². The second-order valence-electron chi connectivity index (χ2n) is 5.86. The highest BCUT2D eigenvalue weighted by Crippen LogP contribution is 2.18. The molecule has 0 aromatic carbocycles. The van der Waals surface area contributed by atoms with E-state index in [-0.39, 0.29) is 18.6 Å². The van der Waals surface area contributed by atoms with Crippen molar-refractivity contribution in [3.8, 4) is 0 Å². The predicted molar refractivity (Wildman–Crippen MR) is 88.8 cm³/mol. The van der Waals surface area contributed by atoms with Crippen LogP contribution < -0.4 is 10.9 Å². The fourth-order valence-electron chi connectivity index (χ4n) is 2.46. The molecule has 1 amide bonds. The van der Waals surface area contributed by atoms with Gasteiger partial charge in [0.2, 0.25) is 0 Å². The molecule has 2 aromatic heterocycles. The lowest BCUT2D eigenvalue weighted by Crippen LogP contribution is -2.51. The van der Waals surface area contributed by atoms with Crippen LogP contribution >= 0.6 is 11.3 Å². The summed E-state index contributed by atoms with van der Waals surface area (Å²) in [7, 11) is 1.41. The summed E-state index contributed by atoms with van der Waals surface area (Å²) in [4.78, 5) is 41.7. The molecule has 2 heterocycles. The first-order chi connectivity index (χ1) is 11.2. The average Bonchev–Trinajstić information content (AvgIpc) is 2.73. The molecule has 9 heteroatoms. The first-order valence-electron chi connectivity index (χ1n) is 7.19. The maximum atomic E-state index is 12.6. The largest absolute Gasteiger partial charge is 0.481 e. The molecule has 8 nitrogen and oxygen atoms in total. The van der Waals surface area contributed by atoms with Crippen LogP contribution in [-0.4, -0.2) is 45.6 Å². The molecule has 0 saturated carbocycles. The summed E-state index contributed by atoms with van der Waals surface area (Å²) in [5.41, 5.74) is -1.02. The molecule has 0 bridgehead atoms. The second kappa shape index (κ2) is 6.70. The van der Waals surface area contributed by atoms with E-state index in [1.54, 1.807) is 13.8 Å². The molecule has 0 saturated heterocycles. The first kappa shape index (κ1) is 18.1. The highest BCUT2D eigenvalue weighted by atomic mass is 32.1. The Morgan fingerprint density at radius 1 is 1.46 bits per heavy atom. The van der Waals surface area contributed by atoms with Crippen LogP contribution in [-0.2, 0) is 9.53 Å². The number of rotatable bonds is 6. The average molecular weight is 353 g/mol. The predicted octanol–water partition coefficient (Wildman–Crippen LogP) is 0.982. The zero-order valence-corrected chi connectivity index (χ0v) is 14.7. The number of aryl methyl sites for hydroxylation is 2. The smallest absolute Gasteiger partial charge is 0.305 e. The zero-order chi connectivity index (χ0) is 18.1. The number of aliphatic carboxylic acids is 1. The van der Waals surface area contributed by atoms with E-state index in [2.05, 4.69) is 10.3 Å². The number of hydrogen-bond donors (Lipinski definition) is 2. The molecule has 0 aliphatic heterocycles. The molecule has 2 rings (SSSR count). The van der Waals surface area contributed by atoms with Crippen molar-refractivity contribution in [3.05, 3.63) is 32.7 Å². The van der Waals surface area contributed by atoms with Gasteiger partial charge in [-0.25, -0.2) is 4.98 Å². The lowest BCUT2D eigenvalue weighted by molar-refractivity contribution is -0.139. The highest BCUT2D eigenvalue weighted by molar-refractivity contribution is 7.17. The SMILES string of the molecule is COCC(C)(CC(=O)O)NC(=O)c1cnc2sc(C)c(C)n2c1=O. The molecule has 1 atom stereocenters. The van der Waals surface area contributed by atoms with E-state index in [1.807, 2.05) is 6.92 Å². The number of nitrogens with zero attached hydrogens (tertiary/aromatic N) is 2. The lowest BCUT2D eigenvalue weighted by atomic mass is 9.98. The number of ether oxygens (including phenoxy) is 1. The molecule has 0 fully saturated rings. The molecule has 2 aromatic rings. The normalized spacial score (nSPS) is 13.7. The van der Waals surface area contributed by atoms with Gasteiger partial charge in [0.05, 0.1) is 18.6 Å². The fraction of sp³-hybridized carbons (Fsp3) is 0.467. The molecule has 0 spiro atoms. The number of nitrogens with one attached hydrogen (secondary N) is 1. The Morgan fingerprint density at radius 3 is 2.71 bits per heavy atom. The van der Waals surface area contributed by atoms with E-state index in [0.29, 0.717) is 4.96 Å². The first-order valence-corrected chi connectivity index (χ1v) is 8.01. The Labute approximate surface area is 142 Å². The third kappa shape index (κ3) is 3.46. The number of carbonyl (C=O) groups is 2. The van der Waals surface area contributed by atoms with Gasteiger partial charge in [0.1, 0.15) is 5.56 Å². The number of amides is 1. The van der Waals surface area contributed by atoms with Gasteiger partial charge in [0, 0.05) is 23.9 Å². The number of carboxylic acid groups (broad SMARTS) is 1. The number of fused-ring (bicyclic) bond motifs is 1. The van der Waals surface area contributed by atoms with Crippen LogP contribution in [0.25, 0.3) is 4.96 Å². The summed E-state index contributed by atoms with van der Waals surface area (Å²) in [6, 6.07) is 0. The molecule has 0 radical (unpaired) electrons. The van der Waals surface area contributed by atoms with E-state index in [4.69, 9.17) is 9.84 Å². The van der Waals surface area contributed by atoms with E-state index >= 15 is 0 Å². The van der Waals surface area contributed by atoms with Crippen molar-refractivity contribution < 1.29 is 19.4 Å². The fourth-order valence-corrected chi connectivity index (χ4v) is 3.39. The minimum absolute atomic E-state index is 0.00136. The summed E-state index contributed by atoms with van der Waals surface area (Å²) in [6.45, 7) is 5.20. The van der Waals surface area contributed by atoms with Gasteiger partial charge in [-0.05, 0) is 20.8 Å².